The van der Waals surface area contributed by atoms with Crippen LogP contribution in [0.25, 0.3) is 0 Å². The third kappa shape index (κ3) is 3.41. The molecular formula is C13H15F3N2O2. The van der Waals surface area contributed by atoms with Crippen LogP contribution < -0.4 is 15.8 Å². The van der Waals surface area contributed by atoms with Gasteiger partial charge in [-0.2, -0.15) is 13.2 Å². The van der Waals surface area contributed by atoms with Crippen LogP contribution in [-0.4, -0.2) is 24.6 Å². The summed E-state index contributed by atoms with van der Waals surface area (Å²) < 4.78 is 43.1. The fourth-order valence-corrected chi connectivity index (χ4v) is 1.69. The maximum atomic E-state index is 12.7. The Morgan fingerprint density at radius 1 is 1.35 bits per heavy atom. The zero-order valence-corrected chi connectivity index (χ0v) is 10.7. The van der Waals surface area contributed by atoms with E-state index >= 15 is 0 Å². The molecule has 110 valence electrons. The summed E-state index contributed by atoms with van der Waals surface area (Å²) in [5.41, 5.74) is 4.05. The topological polar surface area (TPSA) is 64.4 Å². The first kappa shape index (κ1) is 14.6. The highest BCUT2D eigenvalue weighted by molar-refractivity contribution is 5.88. The van der Waals surface area contributed by atoms with Gasteiger partial charge in [-0.25, -0.2) is 0 Å². The Balaban J connectivity index is 1.84. The SMILES string of the molecule is NC1(C(=O)NCCOc2ccccc2C(F)(F)F)CC1. The van der Waals surface area contributed by atoms with Crippen LogP contribution in [0.4, 0.5) is 13.2 Å². The van der Waals surface area contributed by atoms with E-state index in [-0.39, 0.29) is 24.8 Å². The van der Waals surface area contributed by atoms with Gasteiger partial charge in [0.2, 0.25) is 5.91 Å². The number of alkyl halides is 3. The highest BCUT2D eigenvalue weighted by Crippen LogP contribution is 2.35. The van der Waals surface area contributed by atoms with Crippen molar-refractivity contribution in [1.29, 1.82) is 0 Å². The maximum absolute atomic E-state index is 12.7. The molecule has 1 aliphatic rings. The number of halogens is 3. The smallest absolute Gasteiger partial charge is 0.419 e. The summed E-state index contributed by atoms with van der Waals surface area (Å²) >= 11 is 0. The molecule has 1 saturated carbocycles. The van der Waals surface area contributed by atoms with Crippen molar-refractivity contribution in [3.05, 3.63) is 29.8 Å². The zero-order chi connectivity index (χ0) is 14.8. The zero-order valence-electron chi connectivity index (χ0n) is 10.7. The van der Waals surface area contributed by atoms with Crippen LogP contribution in [-0.2, 0) is 11.0 Å². The van der Waals surface area contributed by atoms with Crippen LogP contribution in [0.1, 0.15) is 18.4 Å². The van der Waals surface area contributed by atoms with E-state index in [1.807, 2.05) is 0 Å². The first-order valence-corrected chi connectivity index (χ1v) is 6.19. The van der Waals surface area contributed by atoms with Gasteiger partial charge in [0.1, 0.15) is 12.4 Å². The quantitative estimate of drug-likeness (QED) is 0.810. The van der Waals surface area contributed by atoms with E-state index in [1.54, 1.807) is 0 Å². The van der Waals surface area contributed by atoms with Crippen molar-refractivity contribution in [1.82, 2.24) is 5.32 Å². The first-order valence-electron chi connectivity index (χ1n) is 6.19. The molecule has 0 atom stereocenters. The molecule has 20 heavy (non-hydrogen) atoms. The van der Waals surface area contributed by atoms with E-state index in [2.05, 4.69) is 5.32 Å². The summed E-state index contributed by atoms with van der Waals surface area (Å²) in [4.78, 5) is 11.5. The molecule has 0 aromatic heterocycles. The monoisotopic (exact) mass is 288 g/mol. The summed E-state index contributed by atoms with van der Waals surface area (Å²) in [5, 5.41) is 2.54. The molecule has 0 bridgehead atoms. The van der Waals surface area contributed by atoms with Gasteiger partial charge in [-0.05, 0) is 25.0 Å². The minimum Gasteiger partial charge on any atom is -0.491 e. The number of nitrogens with two attached hydrogens (primary N) is 1. The lowest BCUT2D eigenvalue weighted by molar-refractivity contribution is -0.139. The minimum absolute atomic E-state index is 0.0467. The Hall–Kier alpha value is -1.76. The summed E-state index contributed by atoms with van der Waals surface area (Å²) in [6, 6.07) is 4.95. The van der Waals surface area contributed by atoms with Gasteiger partial charge < -0.3 is 15.8 Å². The molecule has 0 aliphatic heterocycles. The number of rotatable bonds is 5. The fourth-order valence-electron chi connectivity index (χ4n) is 1.69. The molecule has 1 aromatic carbocycles. The minimum atomic E-state index is -4.46. The van der Waals surface area contributed by atoms with Crippen LogP contribution in [0.3, 0.4) is 0 Å². The van der Waals surface area contributed by atoms with Crippen LogP contribution in [0.5, 0.6) is 5.75 Å². The summed E-state index contributed by atoms with van der Waals surface area (Å²) in [6.07, 6.45) is -3.19. The lowest BCUT2D eigenvalue weighted by Crippen LogP contribution is -2.44. The van der Waals surface area contributed by atoms with Crippen molar-refractivity contribution in [2.24, 2.45) is 5.73 Å². The Morgan fingerprint density at radius 3 is 2.60 bits per heavy atom. The molecule has 0 unspecified atom stereocenters. The lowest BCUT2D eigenvalue weighted by Gasteiger charge is -2.14. The number of carbonyl (C=O) groups is 1. The Bertz CT molecular complexity index is 499. The number of hydrogen-bond acceptors (Lipinski definition) is 3. The normalized spacial score (nSPS) is 16.6. The third-order valence-corrected chi connectivity index (χ3v) is 3.08. The number of ether oxygens (including phenoxy) is 1. The Kier molecular flexibility index (Phi) is 3.89. The van der Waals surface area contributed by atoms with E-state index in [4.69, 9.17) is 10.5 Å². The Morgan fingerprint density at radius 2 is 2.00 bits per heavy atom. The molecule has 3 N–H and O–H groups in total. The highest BCUT2D eigenvalue weighted by Gasteiger charge is 2.45. The van der Waals surface area contributed by atoms with Gasteiger partial charge in [0.15, 0.2) is 0 Å². The molecule has 0 heterocycles. The summed E-state index contributed by atoms with van der Waals surface area (Å²) in [6.45, 7) is 0.0683. The molecule has 0 radical (unpaired) electrons. The molecule has 1 aromatic rings. The van der Waals surface area contributed by atoms with Crippen molar-refractivity contribution < 1.29 is 22.7 Å². The average Bonchev–Trinajstić information content (AvgIpc) is 3.13. The molecule has 7 heteroatoms. The number of amides is 1. The summed E-state index contributed by atoms with van der Waals surface area (Å²) in [7, 11) is 0. The highest BCUT2D eigenvalue weighted by atomic mass is 19.4. The molecule has 0 saturated heterocycles. The van der Waals surface area contributed by atoms with Crippen LogP contribution in [0, 0.1) is 0 Å². The second-order valence-electron chi connectivity index (χ2n) is 4.75. The van der Waals surface area contributed by atoms with E-state index < -0.39 is 17.3 Å². The molecule has 1 fully saturated rings. The van der Waals surface area contributed by atoms with Crippen molar-refractivity contribution >= 4 is 5.91 Å². The number of hydrogen-bond donors (Lipinski definition) is 2. The third-order valence-electron chi connectivity index (χ3n) is 3.08. The predicted octanol–water partition coefficient (Wildman–Crippen LogP) is 1.69. The van der Waals surface area contributed by atoms with Crippen molar-refractivity contribution in [2.75, 3.05) is 13.2 Å². The van der Waals surface area contributed by atoms with Crippen LogP contribution in [0.2, 0.25) is 0 Å². The fraction of sp³-hybridized carbons (Fsp3) is 0.462. The number of carbonyl (C=O) groups excluding carboxylic acids is 1. The van der Waals surface area contributed by atoms with Crippen LogP contribution in [0.15, 0.2) is 24.3 Å². The second kappa shape index (κ2) is 5.32. The standard InChI is InChI=1S/C13H15F3N2O2/c14-13(15,16)9-3-1-2-4-10(9)20-8-7-18-11(19)12(17)5-6-12/h1-4H,5-8,17H2,(H,18,19). The van der Waals surface area contributed by atoms with E-state index in [9.17, 15) is 18.0 Å². The van der Waals surface area contributed by atoms with Gasteiger partial charge in [0.25, 0.3) is 0 Å². The number of benzene rings is 1. The van der Waals surface area contributed by atoms with Gasteiger partial charge in [0.05, 0.1) is 17.6 Å². The average molecular weight is 288 g/mol. The van der Waals surface area contributed by atoms with Gasteiger partial charge >= 0.3 is 6.18 Å². The van der Waals surface area contributed by atoms with E-state index in [0.29, 0.717) is 12.8 Å². The van der Waals surface area contributed by atoms with E-state index in [1.165, 1.54) is 18.2 Å². The number of para-hydroxylation sites is 1. The van der Waals surface area contributed by atoms with Gasteiger partial charge in [-0.15, -0.1) is 0 Å². The van der Waals surface area contributed by atoms with Crippen molar-refractivity contribution in [2.45, 2.75) is 24.6 Å². The molecule has 1 aliphatic carbocycles. The predicted molar refractivity (Wildman–Crippen MR) is 66.1 cm³/mol. The van der Waals surface area contributed by atoms with Gasteiger partial charge in [-0.3, -0.25) is 4.79 Å². The van der Waals surface area contributed by atoms with Crippen molar-refractivity contribution in [3.63, 3.8) is 0 Å². The molecule has 0 spiro atoms. The molecular weight excluding hydrogens is 273 g/mol. The van der Waals surface area contributed by atoms with Gasteiger partial charge in [0, 0.05) is 0 Å². The van der Waals surface area contributed by atoms with Gasteiger partial charge in [-0.1, -0.05) is 12.1 Å². The molecule has 2 rings (SSSR count). The van der Waals surface area contributed by atoms with E-state index in [0.717, 1.165) is 6.07 Å². The molecule has 1 amide bonds. The maximum Gasteiger partial charge on any atom is 0.419 e. The van der Waals surface area contributed by atoms with Crippen LogP contribution >= 0.6 is 0 Å². The lowest BCUT2D eigenvalue weighted by atomic mass is 10.2. The number of nitrogens with one attached hydrogen (secondary N) is 1. The first-order chi connectivity index (χ1) is 9.33. The second-order valence-corrected chi connectivity index (χ2v) is 4.75. The Labute approximate surface area is 114 Å². The summed E-state index contributed by atoms with van der Waals surface area (Å²) in [5.74, 6) is -0.534. The van der Waals surface area contributed by atoms with Crippen molar-refractivity contribution in [3.8, 4) is 5.75 Å². The largest absolute Gasteiger partial charge is 0.491 e. The molecule has 4 nitrogen and oxygen atoms in total.